The van der Waals surface area contributed by atoms with Crippen LogP contribution in [-0.2, 0) is 0 Å². The fraction of sp³-hybridized carbons (Fsp3) is 0. The number of benzene rings is 9. The van der Waals surface area contributed by atoms with Crippen LogP contribution >= 0.6 is 0 Å². The highest BCUT2D eigenvalue weighted by molar-refractivity contribution is 6.25. The Kier molecular flexibility index (Phi) is 4.04. The Morgan fingerprint density at radius 2 is 0.833 bits per heavy atom. The van der Waals surface area contributed by atoms with Gasteiger partial charge >= 0.3 is 0 Å². The van der Waals surface area contributed by atoms with Gasteiger partial charge in [0, 0.05) is 0 Å². The molecular weight excluding hydrogens is 504 g/mol. The molecule has 194 valence electrons. The third-order valence-electron chi connectivity index (χ3n) is 8.69. The summed E-state index contributed by atoms with van der Waals surface area (Å²) in [6.45, 7) is 0. The molecule has 9 rings (SSSR count). The van der Waals surface area contributed by atoms with Gasteiger partial charge in [-0.15, -0.1) is 0 Å². The highest BCUT2D eigenvalue weighted by atomic mass is 14.2. The first kappa shape index (κ1) is 18.8. The van der Waals surface area contributed by atoms with Crippen molar-refractivity contribution in [3.8, 4) is 33.4 Å². The second-order valence-electron chi connectivity index (χ2n) is 10.9. The Morgan fingerprint density at radius 3 is 1.45 bits per heavy atom. The molecule has 0 aliphatic rings. The molecule has 42 heavy (non-hydrogen) atoms. The average Bonchev–Trinajstić information content (AvgIpc) is 3.12. The Morgan fingerprint density at radius 1 is 0.333 bits per heavy atom. The van der Waals surface area contributed by atoms with Crippen molar-refractivity contribution in [1.82, 2.24) is 0 Å². The van der Waals surface area contributed by atoms with Gasteiger partial charge in [-0.2, -0.15) is 0 Å². The number of hydrogen-bond donors (Lipinski definition) is 0. The maximum Gasteiger partial charge on any atom is 0.0629 e. The SMILES string of the molecule is [2H]c1c([2H])c([2H])c(-c2c3ccccc3c(-c3ccc(-c4ccc5ccc6cccc7ccc4c5c67)cc3)c3ccccc23)c([2H])c1[2H]. The van der Waals surface area contributed by atoms with Crippen molar-refractivity contribution in [2.24, 2.45) is 0 Å². The molecule has 0 atom stereocenters. The third-order valence-corrected chi connectivity index (χ3v) is 8.69. The van der Waals surface area contributed by atoms with Gasteiger partial charge < -0.3 is 0 Å². The van der Waals surface area contributed by atoms with Gasteiger partial charge in [0.1, 0.15) is 0 Å². The molecule has 0 nitrogen and oxygen atoms in total. The Bertz CT molecular complexity index is 2620. The summed E-state index contributed by atoms with van der Waals surface area (Å²) in [5, 5.41) is 11.2. The van der Waals surface area contributed by atoms with E-state index in [2.05, 4.69) is 91.0 Å². The van der Waals surface area contributed by atoms with E-state index in [0.29, 0.717) is 5.56 Å². The summed E-state index contributed by atoms with van der Waals surface area (Å²) in [4.78, 5) is 0. The van der Waals surface area contributed by atoms with Crippen LogP contribution in [0.5, 0.6) is 0 Å². The average molecular weight is 536 g/mol. The zero-order chi connectivity index (χ0) is 32.0. The van der Waals surface area contributed by atoms with Crippen molar-refractivity contribution in [2.75, 3.05) is 0 Å². The summed E-state index contributed by atoms with van der Waals surface area (Å²) in [7, 11) is 0. The number of hydrogen-bond acceptors (Lipinski definition) is 0. The van der Waals surface area contributed by atoms with E-state index in [-0.39, 0.29) is 29.7 Å². The van der Waals surface area contributed by atoms with E-state index in [4.69, 9.17) is 6.85 Å². The summed E-state index contributed by atoms with van der Waals surface area (Å²) in [5.74, 6) is 0. The Balaban J connectivity index is 1.27. The lowest BCUT2D eigenvalue weighted by Gasteiger charge is -2.18. The molecule has 0 bridgehead atoms. The van der Waals surface area contributed by atoms with Crippen molar-refractivity contribution in [3.63, 3.8) is 0 Å². The van der Waals surface area contributed by atoms with Crippen molar-refractivity contribution >= 4 is 53.9 Å². The first-order valence-corrected chi connectivity index (χ1v) is 14.2. The maximum atomic E-state index is 8.80. The fourth-order valence-corrected chi connectivity index (χ4v) is 6.89. The highest BCUT2D eigenvalue weighted by Gasteiger charge is 2.17. The zero-order valence-electron chi connectivity index (χ0n) is 27.6. The van der Waals surface area contributed by atoms with Crippen LogP contribution in [0.3, 0.4) is 0 Å². The van der Waals surface area contributed by atoms with Crippen LogP contribution in [-0.4, -0.2) is 0 Å². The van der Waals surface area contributed by atoms with Crippen LogP contribution in [0.4, 0.5) is 0 Å². The van der Waals surface area contributed by atoms with Crippen LogP contribution in [0.2, 0.25) is 0 Å². The first-order chi connectivity index (χ1) is 22.9. The molecule has 0 aromatic heterocycles. The molecule has 0 saturated heterocycles. The van der Waals surface area contributed by atoms with Crippen molar-refractivity contribution in [2.45, 2.75) is 0 Å². The second kappa shape index (κ2) is 9.03. The van der Waals surface area contributed by atoms with E-state index in [1.165, 1.54) is 37.9 Å². The molecule has 0 aliphatic carbocycles. The number of rotatable bonds is 3. The Labute approximate surface area is 251 Å². The summed E-state index contributed by atoms with van der Waals surface area (Å²) >= 11 is 0. The van der Waals surface area contributed by atoms with E-state index in [1.54, 1.807) is 0 Å². The topological polar surface area (TPSA) is 0 Å². The molecule has 9 aromatic rings. The highest BCUT2D eigenvalue weighted by Crippen LogP contribution is 2.44. The van der Waals surface area contributed by atoms with Crippen LogP contribution in [0, 0.1) is 0 Å². The fourth-order valence-electron chi connectivity index (χ4n) is 6.89. The van der Waals surface area contributed by atoms with Gasteiger partial charge in [0.05, 0.1) is 6.85 Å². The van der Waals surface area contributed by atoms with Gasteiger partial charge in [-0.1, -0.05) is 158 Å². The zero-order valence-corrected chi connectivity index (χ0v) is 22.6. The molecule has 0 unspecified atom stereocenters. The maximum absolute atomic E-state index is 8.80. The minimum atomic E-state index is -0.390. The third kappa shape index (κ3) is 3.36. The van der Waals surface area contributed by atoms with Crippen LogP contribution in [0.25, 0.3) is 87.2 Å². The predicted molar refractivity (Wildman–Crippen MR) is 181 cm³/mol. The molecule has 0 N–H and O–H groups in total. The normalized spacial score (nSPS) is 13.5. The molecular formula is C42H26. The molecule has 0 heteroatoms. The molecule has 9 aromatic carbocycles. The monoisotopic (exact) mass is 535 g/mol. The molecule has 0 fully saturated rings. The van der Waals surface area contributed by atoms with E-state index in [1.807, 2.05) is 36.4 Å². The quantitative estimate of drug-likeness (QED) is 0.156. The molecule has 0 saturated carbocycles. The first-order valence-electron chi connectivity index (χ1n) is 16.7. The van der Waals surface area contributed by atoms with Gasteiger partial charge in [-0.05, 0) is 87.2 Å². The summed E-state index contributed by atoms with van der Waals surface area (Å²) in [6.07, 6.45) is 0. The molecule has 0 heterocycles. The summed E-state index contributed by atoms with van der Waals surface area (Å²) in [5.41, 5.74) is 5.30. The minimum absolute atomic E-state index is 0.197. The van der Waals surface area contributed by atoms with Gasteiger partial charge in [-0.25, -0.2) is 0 Å². The van der Waals surface area contributed by atoms with Crippen LogP contribution in [0.15, 0.2) is 158 Å². The van der Waals surface area contributed by atoms with E-state index in [9.17, 15) is 0 Å². The lowest BCUT2D eigenvalue weighted by molar-refractivity contribution is 1.64. The summed E-state index contributed by atoms with van der Waals surface area (Å²) in [6, 6.07) is 43.0. The molecule has 0 spiro atoms. The predicted octanol–water partition coefficient (Wildman–Crippen LogP) is 11.9. The second-order valence-corrected chi connectivity index (χ2v) is 10.9. The summed E-state index contributed by atoms with van der Waals surface area (Å²) < 4.78 is 42.5. The minimum Gasteiger partial charge on any atom is -0.0622 e. The van der Waals surface area contributed by atoms with Gasteiger partial charge in [-0.3, -0.25) is 0 Å². The standard InChI is InChI=1S/C42H26/c1-2-9-28(10-3-1)40-34-13-4-6-15-36(34)41(37-16-7-5-14-35(37)40)31-19-17-27(18-20-31)33-25-23-32-22-21-29-11-8-12-30-24-26-38(33)42(32)39(29)30/h1-26H/i1D,2D,3D,9D,10D. The smallest absolute Gasteiger partial charge is 0.0622 e. The van der Waals surface area contributed by atoms with E-state index in [0.717, 1.165) is 38.2 Å². The van der Waals surface area contributed by atoms with Crippen LogP contribution < -0.4 is 0 Å². The lowest BCUT2D eigenvalue weighted by Crippen LogP contribution is -1.91. The van der Waals surface area contributed by atoms with Gasteiger partial charge in [0.25, 0.3) is 0 Å². The molecule has 0 amide bonds. The number of fused-ring (bicyclic) bond motifs is 2. The van der Waals surface area contributed by atoms with E-state index >= 15 is 0 Å². The van der Waals surface area contributed by atoms with Crippen molar-refractivity contribution < 1.29 is 6.85 Å². The van der Waals surface area contributed by atoms with Crippen molar-refractivity contribution in [3.05, 3.63) is 158 Å². The molecule has 0 aliphatic heterocycles. The largest absolute Gasteiger partial charge is 0.0629 e. The van der Waals surface area contributed by atoms with Gasteiger partial charge in [0.15, 0.2) is 0 Å². The van der Waals surface area contributed by atoms with Crippen molar-refractivity contribution in [1.29, 1.82) is 0 Å². The molecule has 0 radical (unpaired) electrons. The van der Waals surface area contributed by atoms with Crippen LogP contribution in [0.1, 0.15) is 6.85 Å². The van der Waals surface area contributed by atoms with Gasteiger partial charge in [0.2, 0.25) is 0 Å². The lowest BCUT2D eigenvalue weighted by atomic mass is 9.85. The Hall–Kier alpha value is -5.46. The van der Waals surface area contributed by atoms with E-state index < -0.39 is 6.04 Å².